The summed E-state index contributed by atoms with van der Waals surface area (Å²) in [5, 5.41) is 3.71. The second-order valence-electron chi connectivity index (χ2n) is 4.16. The Bertz CT molecular complexity index is 367. The van der Waals surface area contributed by atoms with Gasteiger partial charge >= 0.3 is 0 Å². The summed E-state index contributed by atoms with van der Waals surface area (Å²) in [6.07, 6.45) is 4.29. The van der Waals surface area contributed by atoms with E-state index in [1.54, 1.807) is 0 Å². The number of rotatable bonds is 9. The minimum absolute atomic E-state index is 0.661. The molecule has 0 saturated heterocycles. The van der Waals surface area contributed by atoms with E-state index in [2.05, 4.69) is 19.0 Å². The van der Waals surface area contributed by atoms with Gasteiger partial charge in [0.05, 0.1) is 13.2 Å². The molecule has 2 N–H and O–H groups in total. The molecule has 0 aliphatic rings. The molecule has 1 aromatic rings. The summed E-state index contributed by atoms with van der Waals surface area (Å²) in [4.78, 5) is 0. The van der Waals surface area contributed by atoms with Gasteiger partial charge < -0.3 is 9.47 Å². The van der Waals surface area contributed by atoms with Crippen molar-refractivity contribution in [2.24, 2.45) is 5.11 Å². The largest absolute Gasteiger partial charge is 0.493 e. The van der Waals surface area contributed by atoms with E-state index in [1.165, 1.54) is 0 Å². The molecule has 0 heterocycles. The Morgan fingerprint density at radius 2 is 1.72 bits per heavy atom. The van der Waals surface area contributed by atoms with Crippen molar-refractivity contribution in [2.75, 3.05) is 13.2 Å². The average molecular weight is 251 g/mol. The molecule has 0 aliphatic heterocycles. The van der Waals surface area contributed by atoms with Gasteiger partial charge in [0.2, 0.25) is 0 Å². The third-order valence-corrected chi connectivity index (χ3v) is 2.59. The average Bonchev–Trinajstić information content (AvgIpc) is 2.40. The normalized spacial score (nSPS) is 10.1. The van der Waals surface area contributed by atoms with Gasteiger partial charge in [0.15, 0.2) is 11.4 Å². The first-order valence-electron chi connectivity index (χ1n) is 6.62. The second kappa shape index (κ2) is 8.50. The van der Waals surface area contributed by atoms with Crippen LogP contribution in [-0.4, -0.2) is 13.2 Å². The Morgan fingerprint density at radius 3 is 2.33 bits per heavy atom. The lowest BCUT2D eigenvalue weighted by atomic mass is 10.2. The molecular formula is C14H23N2O2+. The topological polar surface area (TPSA) is 56.4 Å². The predicted molar refractivity (Wildman–Crippen MR) is 71.3 cm³/mol. The molecule has 0 unspecified atom stereocenters. The Hall–Kier alpha value is -1.58. The lowest BCUT2D eigenvalue weighted by Gasteiger charge is -2.10. The molecule has 0 spiro atoms. The van der Waals surface area contributed by atoms with Gasteiger partial charge in [0.25, 0.3) is 0 Å². The zero-order chi connectivity index (χ0) is 13.2. The molecule has 0 fully saturated rings. The van der Waals surface area contributed by atoms with Crippen molar-refractivity contribution in [3.05, 3.63) is 18.2 Å². The van der Waals surface area contributed by atoms with Crippen LogP contribution in [0.2, 0.25) is 0 Å². The zero-order valence-corrected chi connectivity index (χ0v) is 11.3. The van der Waals surface area contributed by atoms with Crippen molar-refractivity contribution in [3.63, 3.8) is 0 Å². The number of ether oxygens (including phenoxy) is 2. The van der Waals surface area contributed by atoms with E-state index in [4.69, 9.17) is 15.0 Å². The van der Waals surface area contributed by atoms with Gasteiger partial charge in [-0.3, -0.25) is 0 Å². The summed E-state index contributed by atoms with van der Waals surface area (Å²) in [6.45, 7) is 5.67. The van der Waals surface area contributed by atoms with Crippen LogP contribution in [0, 0.1) is 0 Å². The lowest BCUT2D eigenvalue weighted by Crippen LogP contribution is -2.22. The number of nitrogens with two attached hydrogens (primary N) is 1. The molecule has 4 heteroatoms. The first-order chi connectivity index (χ1) is 8.81. The Morgan fingerprint density at radius 1 is 1.06 bits per heavy atom. The third kappa shape index (κ3) is 4.73. The van der Waals surface area contributed by atoms with Crippen molar-refractivity contribution >= 4 is 5.69 Å². The maximum atomic E-state index is 5.66. The van der Waals surface area contributed by atoms with E-state index < -0.39 is 0 Å². The van der Waals surface area contributed by atoms with Crippen LogP contribution in [0.15, 0.2) is 23.3 Å². The predicted octanol–water partition coefficient (Wildman–Crippen LogP) is 2.89. The van der Waals surface area contributed by atoms with E-state index in [9.17, 15) is 0 Å². The molecule has 0 amide bonds. The summed E-state index contributed by atoms with van der Waals surface area (Å²) in [5.74, 6) is 1.50. The lowest BCUT2D eigenvalue weighted by molar-refractivity contribution is -0.210. The quantitative estimate of drug-likeness (QED) is 0.542. The highest BCUT2D eigenvalue weighted by molar-refractivity contribution is 5.54. The summed E-state index contributed by atoms with van der Waals surface area (Å²) in [6, 6.07) is 5.55. The molecule has 0 aromatic heterocycles. The van der Waals surface area contributed by atoms with Crippen LogP contribution >= 0.6 is 0 Å². The Kier molecular flexibility index (Phi) is 6.84. The Balaban J connectivity index is 2.65. The van der Waals surface area contributed by atoms with Crippen molar-refractivity contribution in [1.29, 1.82) is 0 Å². The summed E-state index contributed by atoms with van der Waals surface area (Å²) < 4.78 is 11.3. The molecule has 1 aromatic carbocycles. The molecule has 0 saturated carbocycles. The maximum Gasteiger partial charge on any atom is 0.172 e. The summed E-state index contributed by atoms with van der Waals surface area (Å²) in [5.41, 5.74) is 5.99. The van der Waals surface area contributed by atoms with Gasteiger partial charge in [-0.15, -0.1) is 0 Å². The van der Waals surface area contributed by atoms with Crippen LogP contribution in [0.4, 0.5) is 5.69 Å². The first kappa shape index (κ1) is 14.5. The molecule has 0 aliphatic carbocycles. The fourth-order valence-corrected chi connectivity index (χ4v) is 1.47. The standard InChI is InChI=1S/C14H22N2O2/c1-3-5-9-17-12-7-8-13(16-15)14(11-12)18-10-6-4-2/h7-8,11,15H,3-6,9-10H2,1-2H3/p+1. The van der Waals surface area contributed by atoms with Gasteiger partial charge in [-0.25, -0.2) is 0 Å². The molecule has 0 radical (unpaired) electrons. The van der Waals surface area contributed by atoms with E-state index in [0.717, 1.165) is 38.0 Å². The van der Waals surface area contributed by atoms with Crippen LogP contribution in [0.3, 0.4) is 0 Å². The highest BCUT2D eigenvalue weighted by atomic mass is 16.5. The minimum Gasteiger partial charge on any atom is -0.493 e. The number of hydrogen-bond acceptors (Lipinski definition) is 3. The van der Waals surface area contributed by atoms with Gasteiger partial charge in [-0.1, -0.05) is 26.7 Å². The first-order valence-corrected chi connectivity index (χ1v) is 6.62. The highest BCUT2D eigenvalue weighted by Gasteiger charge is 2.07. The fourth-order valence-electron chi connectivity index (χ4n) is 1.47. The van der Waals surface area contributed by atoms with Crippen LogP contribution < -0.4 is 15.0 Å². The van der Waals surface area contributed by atoms with Crippen molar-refractivity contribution < 1.29 is 15.0 Å². The van der Waals surface area contributed by atoms with Gasteiger partial charge in [0.1, 0.15) is 5.75 Å². The van der Waals surface area contributed by atoms with Gasteiger partial charge in [0, 0.05) is 6.07 Å². The van der Waals surface area contributed by atoms with Gasteiger partial charge in [-0.05, 0) is 30.1 Å². The van der Waals surface area contributed by atoms with E-state index in [-0.39, 0.29) is 0 Å². The van der Waals surface area contributed by atoms with Crippen molar-refractivity contribution in [1.82, 2.24) is 0 Å². The number of benzene rings is 1. The molecule has 18 heavy (non-hydrogen) atoms. The van der Waals surface area contributed by atoms with Crippen LogP contribution in [-0.2, 0) is 0 Å². The van der Waals surface area contributed by atoms with E-state index in [0.29, 0.717) is 18.0 Å². The van der Waals surface area contributed by atoms with Crippen LogP contribution in [0.1, 0.15) is 39.5 Å². The van der Waals surface area contributed by atoms with E-state index in [1.807, 2.05) is 18.2 Å². The zero-order valence-electron chi connectivity index (χ0n) is 11.3. The van der Waals surface area contributed by atoms with Crippen LogP contribution in [0.5, 0.6) is 11.5 Å². The highest BCUT2D eigenvalue weighted by Crippen LogP contribution is 2.31. The number of nitrogens with zero attached hydrogens (tertiary/aromatic N) is 1. The molecule has 0 atom stereocenters. The molecular weight excluding hydrogens is 228 g/mol. The second-order valence-corrected chi connectivity index (χ2v) is 4.16. The SMILES string of the molecule is CCCCOc1ccc(N=[NH2+])c(OCCCC)c1. The minimum atomic E-state index is 0.661. The van der Waals surface area contributed by atoms with Crippen molar-refractivity contribution in [2.45, 2.75) is 39.5 Å². The summed E-state index contributed by atoms with van der Waals surface area (Å²) >= 11 is 0. The molecule has 1 rings (SSSR count). The smallest absolute Gasteiger partial charge is 0.172 e. The molecule has 0 bridgehead atoms. The third-order valence-electron chi connectivity index (χ3n) is 2.59. The maximum absolute atomic E-state index is 5.66. The van der Waals surface area contributed by atoms with Crippen LogP contribution in [0.25, 0.3) is 0 Å². The number of hydrogen-bond donors (Lipinski definition) is 1. The molecule has 4 nitrogen and oxygen atoms in total. The monoisotopic (exact) mass is 251 g/mol. The summed E-state index contributed by atoms with van der Waals surface area (Å²) in [7, 11) is 0. The van der Waals surface area contributed by atoms with Gasteiger partial charge in [-0.2, -0.15) is 5.53 Å². The van der Waals surface area contributed by atoms with Crippen molar-refractivity contribution in [3.8, 4) is 11.5 Å². The van der Waals surface area contributed by atoms with E-state index >= 15 is 0 Å². The fraction of sp³-hybridized carbons (Fsp3) is 0.571. The Labute approximate surface area is 109 Å². The molecule has 100 valence electrons. The number of unbranched alkanes of at least 4 members (excludes halogenated alkanes) is 2.